The fraction of sp³-hybridized carbons (Fsp3) is 0.348. The van der Waals surface area contributed by atoms with E-state index in [2.05, 4.69) is 15.5 Å². The molecule has 2 heterocycles. The third kappa shape index (κ3) is 3.97. The van der Waals surface area contributed by atoms with E-state index in [9.17, 15) is 14.4 Å². The SMILES string of the molecule is CC[C@@]1(c2ccccc2)NC(=O)N(CC(=O)Nc2cc(Cl)ccc2N2CCCC2)C1=O. The summed E-state index contributed by atoms with van der Waals surface area (Å²) in [5, 5.41) is 6.14. The largest absolute Gasteiger partial charge is 0.370 e. The molecule has 2 fully saturated rings. The third-order valence-electron chi connectivity index (χ3n) is 5.95. The van der Waals surface area contributed by atoms with Gasteiger partial charge in [-0.2, -0.15) is 0 Å². The normalized spacial score (nSPS) is 20.8. The van der Waals surface area contributed by atoms with Gasteiger partial charge in [-0.25, -0.2) is 4.79 Å². The van der Waals surface area contributed by atoms with Crippen molar-refractivity contribution < 1.29 is 14.4 Å². The molecule has 8 heteroatoms. The maximum absolute atomic E-state index is 13.2. The molecule has 0 aromatic heterocycles. The highest BCUT2D eigenvalue weighted by molar-refractivity contribution is 6.31. The fourth-order valence-electron chi connectivity index (χ4n) is 4.31. The second-order valence-electron chi connectivity index (χ2n) is 7.85. The van der Waals surface area contributed by atoms with Gasteiger partial charge in [0.05, 0.1) is 11.4 Å². The van der Waals surface area contributed by atoms with E-state index in [0.717, 1.165) is 36.5 Å². The standard InChI is InChI=1S/C23H25ClN4O3/c1-2-23(16-8-4-3-5-9-16)21(30)28(22(31)26-23)15-20(29)25-18-14-17(24)10-11-19(18)27-12-6-7-13-27/h3-5,8-11,14H,2,6-7,12-13,15H2,1H3,(H,25,29)(H,26,31)/t23-/m0/s1. The first-order valence-electron chi connectivity index (χ1n) is 10.5. The summed E-state index contributed by atoms with van der Waals surface area (Å²) < 4.78 is 0. The maximum Gasteiger partial charge on any atom is 0.325 e. The number of hydrogen-bond donors (Lipinski definition) is 2. The summed E-state index contributed by atoms with van der Waals surface area (Å²) in [6, 6.07) is 13.9. The Bertz CT molecular complexity index is 1010. The van der Waals surface area contributed by atoms with Crippen LogP contribution in [0.4, 0.5) is 16.2 Å². The number of anilines is 2. The van der Waals surface area contributed by atoms with Crippen LogP contribution < -0.4 is 15.5 Å². The Morgan fingerprint density at radius 1 is 1.13 bits per heavy atom. The summed E-state index contributed by atoms with van der Waals surface area (Å²) in [7, 11) is 0. The van der Waals surface area contributed by atoms with Crippen LogP contribution in [0.3, 0.4) is 0 Å². The molecule has 4 amide bonds. The van der Waals surface area contributed by atoms with Crippen molar-refractivity contribution in [2.45, 2.75) is 31.7 Å². The zero-order valence-corrected chi connectivity index (χ0v) is 18.1. The number of benzene rings is 2. The monoisotopic (exact) mass is 440 g/mol. The average molecular weight is 441 g/mol. The number of hydrogen-bond acceptors (Lipinski definition) is 4. The van der Waals surface area contributed by atoms with E-state index in [1.165, 1.54) is 0 Å². The first-order chi connectivity index (χ1) is 14.9. The summed E-state index contributed by atoms with van der Waals surface area (Å²) in [5.74, 6) is -0.876. The minimum absolute atomic E-state index is 0.370. The molecule has 0 spiro atoms. The number of nitrogens with zero attached hydrogens (tertiary/aromatic N) is 2. The van der Waals surface area contributed by atoms with Crippen molar-refractivity contribution in [3.8, 4) is 0 Å². The van der Waals surface area contributed by atoms with Gasteiger partial charge in [0.2, 0.25) is 5.91 Å². The highest BCUT2D eigenvalue weighted by atomic mass is 35.5. The van der Waals surface area contributed by atoms with Crippen LogP contribution in [0.25, 0.3) is 0 Å². The molecular formula is C23H25ClN4O3. The molecule has 1 atom stereocenters. The Morgan fingerprint density at radius 3 is 2.52 bits per heavy atom. The van der Waals surface area contributed by atoms with Gasteiger partial charge in [0.15, 0.2) is 0 Å². The van der Waals surface area contributed by atoms with E-state index < -0.39 is 23.4 Å². The molecule has 2 aromatic carbocycles. The average Bonchev–Trinajstić information content (AvgIpc) is 3.38. The number of imide groups is 1. The number of rotatable bonds is 6. The Kier molecular flexibility index (Phi) is 5.87. The van der Waals surface area contributed by atoms with E-state index in [4.69, 9.17) is 11.6 Å². The molecule has 0 unspecified atom stereocenters. The number of carbonyl (C=O) groups is 3. The molecule has 2 N–H and O–H groups in total. The first kappa shape index (κ1) is 21.2. The van der Waals surface area contributed by atoms with E-state index in [1.807, 2.05) is 31.2 Å². The minimum atomic E-state index is -1.16. The summed E-state index contributed by atoms with van der Waals surface area (Å²) >= 11 is 6.15. The summed E-state index contributed by atoms with van der Waals surface area (Å²) in [6.07, 6.45) is 2.57. The van der Waals surface area contributed by atoms with Gasteiger partial charge >= 0.3 is 6.03 Å². The molecule has 2 aliphatic rings. The van der Waals surface area contributed by atoms with Crippen LogP contribution >= 0.6 is 11.6 Å². The summed E-state index contributed by atoms with van der Waals surface area (Å²) in [6.45, 7) is 3.29. The first-order valence-corrected chi connectivity index (χ1v) is 10.9. The maximum atomic E-state index is 13.2. The predicted octanol–water partition coefficient (Wildman–Crippen LogP) is 3.74. The van der Waals surface area contributed by atoms with E-state index in [0.29, 0.717) is 22.7 Å². The summed E-state index contributed by atoms with van der Waals surface area (Å²) in [5.41, 5.74) is 1.01. The number of halogens is 1. The molecule has 2 saturated heterocycles. The van der Waals surface area contributed by atoms with Gasteiger partial charge in [-0.05, 0) is 43.0 Å². The van der Waals surface area contributed by atoms with Crippen LogP contribution in [-0.4, -0.2) is 42.4 Å². The fourth-order valence-corrected chi connectivity index (χ4v) is 4.48. The van der Waals surface area contributed by atoms with Crippen molar-refractivity contribution in [3.63, 3.8) is 0 Å². The number of nitrogens with one attached hydrogen (secondary N) is 2. The highest BCUT2D eigenvalue weighted by Gasteiger charge is 2.51. The number of amides is 4. The van der Waals surface area contributed by atoms with Gasteiger partial charge in [-0.15, -0.1) is 0 Å². The molecule has 0 radical (unpaired) electrons. The van der Waals surface area contributed by atoms with Gasteiger partial charge < -0.3 is 15.5 Å². The quantitative estimate of drug-likeness (QED) is 0.670. The van der Waals surface area contributed by atoms with Gasteiger partial charge in [-0.1, -0.05) is 48.9 Å². The van der Waals surface area contributed by atoms with Crippen LogP contribution in [0.1, 0.15) is 31.7 Å². The molecular weight excluding hydrogens is 416 g/mol. The molecule has 2 aliphatic heterocycles. The second kappa shape index (κ2) is 8.59. The second-order valence-corrected chi connectivity index (χ2v) is 8.29. The minimum Gasteiger partial charge on any atom is -0.370 e. The number of carbonyl (C=O) groups excluding carboxylic acids is 3. The molecule has 0 bridgehead atoms. The zero-order valence-electron chi connectivity index (χ0n) is 17.4. The van der Waals surface area contributed by atoms with Gasteiger partial charge in [0.1, 0.15) is 12.1 Å². The van der Waals surface area contributed by atoms with Crippen LogP contribution in [0.15, 0.2) is 48.5 Å². The van der Waals surface area contributed by atoms with Crippen molar-refractivity contribution in [2.75, 3.05) is 29.9 Å². The highest BCUT2D eigenvalue weighted by Crippen LogP contribution is 2.33. The number of urea groups is 1. The lowest BCUT2D eigenvalue weighted by atomic mass is 9.87. The van der Waals surface area contributed by atoms with Crippen LogP contribution in [0, 0.1) is 0 Å². The molecule has 31 heavy (non-hydrogen) atoms. The topological polar surface area (TPSA) is 81.8 Å². The van der Waals surface area contributed by atoms with Crippen molar-refractivity contribution in [2.24, 2.45) is 0 Å². The van der Waals surface area contributed by atoms with Crippen molar-refractivity contribution in [1.82, 2.24) is 10.2 Å². The third-order valence-corrected chi connectivity index (χ3v) is 6.19. The van der Waals surface area contributed by atoms with Crippen LogP contribution in [0.2, 0.25) is 5.02 Å². The lowest BCUT2D eigenvalue weighted by Gasteiger charge is -2.25. The van der Waals surface area contributed by atoms with Gasteiger partial charge in [0.25, 0.3) is 5.91 Å². The molecule has 7 nitrogen and oxygen atoms in total. The molecule has 0 aliphatic carbocycles. The predicted molar refractivity (Wildman–Crippen MR) is 120 cm³/mol. The van der Waals surface area contributed by atoms with Crippen LogP contribution in [-0.2, 0) is 15.1 Å². The van der Waals surface area contributed by atoms with Gasteiger partial charge in [0, 0.05) is 18.1 Å². The Labute approximate surface area is 186 Å². The zero-order chi connectivity index (χ0) is 22.0. The Morgan fingerprint density at radius 2 is 1.84 bits per heavy atom. The molecule has 4 rings (SSSR count). The molecule has 0 saturated carbocycles. The van der Waals surface area contributed by atoms with Crippen LogP contribution in [0.5, 0.6) is 0 Å². The van der Waals surface area contributed by atoms with Crippen molar-refractivity contribution in [1.29, 1.82) is 0 Å². The lowest BCUT2D eigenvalue weighted by molar-refractivity contribution is -0.134. The van der Waals surface area contributed by atoms with Gasteiger partial charge in [-0.3, -0.25) is 14.5 Å². The smallest absolute Gasteiger partial charge is 0.325 e. The molecule has 2 aromatic rings. The van der Waals surface area contributed by atoms with E-state index >= 15 is 0 Å². The Hall–Kier alpha value is -3.06. The summed E-state index contributed by atoms with van der Waals surface area (Å²) in [4.78, 5) is 41.9. The lowest BCUT2D eigenvalue weighted by Crippen LogP contribution is -2.44. The van der Waals surface area contributed by atoms with Crippen molar-refractivity contribution >= 4 is 40.8 Å². The van der Waals surface area contributed by atoms with E-state index in [-0.39, 0.29) is 6.54 Å². The molecule has 162 valence electrons. The Balaban J connectivity index is 1.52. The van der Waals surface area contributed by atoms with Crippen molar-refractivity contribution in [3.05, 3.63) is 59.1 Å². The van der Waals surface area contributed by atoms with E-state index in [1.54, 1.807) is 24.3 Å².